The van der Waals surface area contributed by atoms with Gasteiger partial charge in [-0.05, 0) is 249 Å². The molecule has 0 aliphatic heterocycles. The summed E-state index contributed by atoms with van der Waals surface area (Å²) in [6.07, 6.45) is 4.99. The van der Waals surface area contributed by atoms with Crippen LogP contribution in [0, 0.1) is 6.92 Å². The number of carboxylic acids is 1. The van der Waals surface area contributed by atoms with E-state index < -0.39 is 52.5 Å². The van der Waals surface area contributed by atoms with E-state index in [4.69, 9.17) is 38.9 Å². The van der Waals surface area contributed by atoms with Gasteiger partial charge in [0.25, 0.3) is 17.7 Å². The van der Waals surface area contributed by atoms with Crippen molar-refractivity contribution in [1.82, 2.24) is 15.0 Å². The minimum atomic E-state index is -1.19. The van der Waals surface area contributed by atoms with Crippen LogP contribution in [0.3, 0.4) is 0 Å². The highest BCUT2D eigenvalue weighted by Gasteiger charge is 2.28. The van der Waals surface area contributed by atoms with Gasteiger partial charge in [0, 0.05) is 68.8 Å². The van der Waals surface area contributed by atoms with Gasteiger partial charge < -0.3 is 70.2 Å². The number of nitrogens with one attached hydrogen (secondary N) is 3. The Balaban J connectivity index is 0.000000183. The molecule has 3 aromatic heterocycles. The molecule has 664 valence electrons. The Labute approximate surface area is 760 Å². The van der Waals surface area contributed by atoms with Crippen molar-refractivity contribution in [1.29, 1.82) is 0 Å². The number of anilines is 4. The summed E-state index contributed by atoms with van der Waals surface area (Å²) in [4.78, 5) is 103. The smallest absolute Gasteiger partial charge is 0.340 e. The summed E-state index contributed by atoms with van der Waals surface area (Å²) in [5.41, 5.74) is 17.8. The molecule has 11 aromatic carbocycles. The quantitative estimate of drug-likeness (QED) is 0.0200. The minimum absolute atomic E-state index is 0. The van der Waals surface area contributed by atoms with E-state index in [2.05, 4.69) is 30.9 Å². The van der Waals surface area contributed by atoms with Crippen LogP contribution in [-0.4, -0.2) is 117 Å². The molecule has 0 spiro atoms. The van der Waals surface area contributed by atoms with E-state index in [9.17, 15) is 48.9 Å². The lowest BCUT2D eigenvalue weighted by molar-refractivity contribution is 0.00580. The van der Waals surface area contributed by atoms with Crippen LogP contribution < -0.4 is 40.6 Å². The van der Waals surface area contributed by atoms with E-state index in [0.717, 1.165) is 61.5 Å². The van der Waals surface area contributed by atoms with Gasteiger partial charge in [-0.15, -0.1) is 12.4 Å². The number of hydrogen-bond donors (Lipinski definition) is 7. The third kappa shape index (κ3) is 25.2. The number of amides is 3. The van der Waals surface area contributed by atoms with Crippen molar-refractivity contribution in [3.63, 3.8) is 0 Å². The maximum Gasteiger partial charge on any atom is 0.340 e. The summed E-state index contributed by atoms with van der Waals surface area (Å²) in [5.74, 6) is -2.02. The van der Waals surface area contributed by atoms with E-state index in [1.54, 1.807) is 186 Å². The van der Waals surface area contributed by atoms with Gasteiger partial charge in [-0.2, -0.15) is 0 Å². The summed E-state index contributed by atoms with van der Waals surface area (Å²) in [5, 5.41) is 38.8. The first-order valence-corrected chi connectivity index (χ1v) is 40.8. The average molecular weight is 1770 g/mol. The van der Waals surface area contributed by atoms with Crippen molar-refractivity contribution in [3.05, 3.63) is 342 Å². The van der Waals surface area contributed by atoms with Crippen LogP contribution in [-0.2, 0) is 14.2 Å². The third-order valence-electron chi connectivity index (χ3n) is 19.5. The molecule has 0 bridgehead atoms. The van der Waals surface area contributed by atoms with Crippen molar-refractivity contribution in [2.45, 2.75) is 86.0 Å². The molecule has 0 radical (unpaired) electrons. The van der Waals surface area contributed by atoms with Gasteiger partial charge >= 0.3 is 23.9 Å². The molecule has 14 rings (SSSR count). The van der Waals surface area contributed by atoms with Gasteiger partial charge in [-0.1, -0.05) is 127 Å². The molecule has 0 saturated carbocycles. The predicted molar refractivity (Wildman–Crippen MR) is 509 cm³/mol. The summed E-state index contributed by atoms with van der Waals surface area (Å²) >= 11 is 0. The lowest BCUT2D eigenvalue weighted by atomic mass is 9.99. The molecule has 0 aliphatic carbocycles. The van der Waals surface area contributed by atoms with Gasteiger partial charge in [0.2, 0.25) is 0 Å². The topological polar surface area (TPSA) is 346 Å². The van der Waals surface area contributed by atoms with Gasteiger partial charge in [-0.3, -0.25) is 29.3 Å². The van der Waals surface area contributed by atoms with Crippen LogP contribution >= 0.6 is 12.4 Å². The van der Waals surface area contributed by atoms with Crippen molar-refractivity contribution >= 4 is 76.8 Å². The van der Waals surface area contributed by atoms with Crippen LogP contribution in [0.1, 0.15) is 140 Å². The number of halogens is 1. The van der Waals surface area contributed by atoms with E-state index in [0.29, 0.717) is 67.8 Å². The van der Waals surface area contributed by atoms with Gasteiger partial charge in [-0.25, -0.2) is 19.2 Å². The molecule has 3 heterocycles. The number of aromatic hydroxyl groups is 2. The van der Waals surface area contributed by atoms with Crippen molar-refractivity contribution in [2.24, 2.45) is 0 Å². The number of pyridine rings is 3. The molecule has 3 amide bonds. The number of hydrogen-bond acceptors (Lipinski definition) is 20. The Morgan fingerprint density at radius 2 is 0.577 bits per heavy atom. The van der Waals surface area contributed by atoms with Crippen LogP contribution in [0.4, 0.5) is 22.7 Å². The molecule has 0 unspecified atom stereocenters. The number of phenolic OH excluding ortho intramolecular Hbond substituents is 2. The number of phenols is 2. The standard InChI is InChI=1S/C31H30N2O4.C30H28N2O5.C26H20N2O5.C18H21NO3.ClH/c1-20-13-14-22(26-11-8-9-17-32-26)18-25(20)29(34)33-27-19-21(23-10-6-7-12-28(23)36-5)15-16-24(27)30(35)37-31(2,3)4;1-30(2,3)37-29(35)22-14-12-19(21-9-5-6-11-27(21)36-4)18-25(22)32-28(34)23-17-20(13-15-26(23)33)24-10-7-8-16-31-24;1-33-24-8-3-2-6-18(24)16-9-11-19(26(31)32)22(15-16)28-25(30)20-14-17(10-12-23(20)29)21-7-4-5-13-27-21;1-18(2,3)22-17(20)14-10-9-12(11-15(14)19)13-7-5-6-8-16(13)21-4;/h6-19H,1-5H3,(H,33,34);5-18,33H,1-4H3,(H,32,34);2-15,29H,1H3,(H,28,30)(H,31,32);5-11H,19H2,1-4H3;1H. The molecular formula is C105H100ClN7O17. The van der Waals surface area contributed by atoms with Crippen LogP contribution in [0.15, 0.2) is 298 Å². The number of nitrogen functional groups attached to an aromatic ring is 1. The predicted octanol–water partition coefficient (Wildman–Crippen LogP) is 22.7. The summed E-state index contributed by atoms with van der Waals surface area (Å²) in [7, 11) is 6.35. The number of esters is 3. The number of carboxylic acid groups (broad SMARTS) is 1. The summed E-state index contributed by atoms with van der Waals surface area (Å²) in [6, 6.07) is 81.6. The van der Waals surface area contributed by atoms with Crippen LogP contribution in [0.25, 0.3) is 78.3 Å². The molecular weight excluding hydrogens is 1670 g/mol. The van der Waals surface area contributed by atoms with Gasteiger partial charge in [0.15, 0.2) is 0 Å². The van der Waals surface area contributed by atoms with Crippen molar-refractivity contribution < 1.29 is 82.0 Å². The fraction of sp³-hybridized carbons (Fsp3) is 0.162. The number of nitrogens with two attached hydrogens (primary N) is 1. The first kappa shape index (κ1) is 96.3. The van der Waals surface area contributed by atoms with E-state index in [-0.39, 0.29) is 69.0 Å². The fourth-order valence-corrected chi connectivity index (χ4v) is 13.4. The number of aromatic nitrogens is 3. The molecule has 0 saturated heterocycles. The molecule has 24 nitrogen and oxygen atoms in total. The van der Waals surface area contributed by atoms with E-state index in [1.807, 2.05) is 185 Å². The third-order valence-corrected chi connectivity index (χ3v) is 19.5. The Kier molecular flexibility index (Phi) is 32.1. The Morgan fingerprint density at radius 1 is 0.308 bits per heavy atom. The fourth-order valence-electron chi connectivity index (χ4n) is 13.4. The molecule has 25 heteroatoms. The number of ether oxygens (including phenoxy) is 7. The normalized spacial score (nSPS) is 10.8. The summed E-state index contributed by atoms with van der Waals surface area (Å²) in [6.45, 7) is 18.1. The van der Waals surface area contributed by atoms with Crippen LogP contribution in [0.2, 0.25) is 0 Å². The van der Waals surface area contributed by atoms with Crippen molar-refractivity contribution in [3.8, 4) is 113 Å². The highest BCUT2D eigenvalue weighted by Crippen LogP contribution is 2.40. The number of aryl methyl sites for hydroxylation is 1. The zero-order chi connectivity index (χ0) is 92.9. The van der Waals surface area contributed by atoms with Crippen molar-refractivity contribution in [2.75, 3.05) is 50.1 Å². The molecule has 0 aliphatic rings. The molecule has 130 heavy (non-hydrogen) atoms. The average Bonchev–Trinajstić information content (AvgIpc) is 0.824. The monoisotopic (exact) mass is 1770 g/mol. The second-order valence-corrected chi connectivity index (χ2v) is 32.2. The SMILES string of the molecule is COc1ccccc1-c1ccc(C(=O)O)c(NC(=O)c2cc(-c3ccccn3)ccc2O)c1.COc1ccccc1-c1ccc(C(=O)OC(C)(C)C)c(N)c1.COc1ccccc1-c1ccc(C(=O)OC(C)(C)C)c(NC(=O)c2cc(-c3ccccn3)ccc2C)c1.COc1ccccc1-c1ccc(C(=O)OC(C)(C)C)c(NC(=O)c2cc(-c3ccccn3)ccc2O)c1.Cl. The number of aromatic carboxylic acids is 1. The highest BCUT2D eigenvalue weighted by molar-refractivity contribution is 6.13. The Morgan fingerprint density at radius 3 is 0.885 bits per heavy atom. The number of para-hydroxylation sites is 4. The van der Waals surface area contributed by atoms with Crippen LogP contribution in [0.5, 0.6) is 34.5 Å². The largest absolute Gasteiger partial charge is 0.507 e. The Hall–Kier alpha value is -16.0. The minimum Gasteiger partial charge on any atom is -0.507 e. The summed E-state index contributed by atoms with van der Waals surface area (Å²) < 4.78 is 38.3. The molecule has 0 atom stereocenters. The molecule has 0 fully saturated rings. The Bertz CT molecular complexity index is 6210. The highest BCUT2D eigenvalue weighted by atomic mass is 35.5. The van der Waals surface area contributed by atoms with Gasteiger partial charge in [0.1, 0.15) is 51.3 Å². The molecule has 8 N–H and O–H groups in total. The number of methoxy groups -OCH3 is 4. The van der Waals surface area contributed by atoms with E-state index in [1.165, 1.54) is 24.3 Å². The van der Waals surface area contributed by atoms with E-state index >= 15 is 0 Å². The number of benzene rings is 11. The van der Waals surface area contributed by atoms with Gasteiger partial charge in [0.05, 0.1) is 96.0 Å². The zero-order valence-electron chi connectivity index (χ0n) is 74.2. The second-order valence-electron chi connectivity index (χ2n) is 32.2. The first-order valence-electron chi connectivity index (χ1n) is 40.8. The number of carbonyl (C=O) groups excluding carboxylic acids is 6. The lowest BCUT2D eigenvalue weighted by Crippen LogP contribution is -2.25. The first-order chi connectivity index (χ1) is 61.6. The molecule has 14 aromatic rings. The maximum absolute atomic E-state index is 13.5. The zero-order valence-corrected chi connectivity index (χ0v) is 75.0. The number of nitrogens with zero attached hydrogens (tertiary/aromatic N) is 3. The maximum atomic E-state index is 13.5. The second kappa shape index (κ2) is 43.3. The number of rotatable bonds is 21. The lowest BCUT2D eigenvalue weighted by Gasteiger charge is -2.21. The number of carbonyl (C=O) groups is 7.